The minimum atomic E-state index is -0.0681. The summed E-state index contributed by atoms with van der Waals surface area (Å²) in [5, 5.41) is 12.7. The molecule has 0 saturated carbocycles. The Morgan fingerprint density at radius 1 is 1.25 bits per heavy atom. The number of rotatable bonds is 8. The van der Waals surface area contributed by atoms with Crippen molar-refractivity contribution in [3.63, 3.8) is 0 Å². The first-order valence-electron chi connectivity index (χ1n) is 6.76. The van der Waals surface area contributed by atoms with Crippen LogP contribution in [0.2, 0.25) is 0 Å². The Morgan fingerprint density at radius 2 is 1.85 bits per heavy atom. The van der Waals surface area contributed by atoms with Crippen LogP contribution in [0.3, 0.4) is 0 Å². The number of halogens is 1. The fraction of sp³-hybridized carbons (Fsp3) is 0.600. The van der Waals surface area contributed by atoms with E-state index in [4.69, 9.17) is 14.6 Å². The van der Waals surface area contributed by atoms with E-state index >= 15 is 0 Å². The van der Waals surface area contributed by atoms with Crippen LogP contribution in [0.4, 0.5) is 0 Å². The predicted molar refractivity (Wildman–Crippen MR) is 84.5 cm³/mol. The van der Waals surface area contributed by atoms with E-state index in [1.54, 1.807) is 14.2 Å². The third kappa shape index (κ3) is 4.36. The molecule has 0 amide bonds. The normalized spacial score (nSPS) is 13.9. The van der Waals surface area contributed by atoms with Crippen molar-refractivity contribution >= 4 is 15.9 Å². The van der Waals surface area contributed by atoms with Gasteiger partial charge in [0.15, 0.2) is 11.5 Å². The summed E-state index contributed by atoms with van der Waals surface area (Å²) in [5.74, 6) is 1.42. The lowest BCUT2D eigenvalue weighted by Crippen LogP contribution is -2.42. The molecule has 1 aromatic carbocycles. The van der Waals surface area contributed by atoms with Gasteiger partial charge < -0.3 is 19.9 Å². The van der Waals surface area contributed by atoms with Crippen LogP contribution in [0.5, 0.6) is 11.5 Å². The summed E-state index contributed by atoms with van der Waals surface area (Å²) in [5.41, 5.74) is 1.03. The molecule has 0 saturated heterocycles. The summed E-state index contributed by atoms with van der Waals surface area (Å²) in [6, 6.07) is 3.87. The van der Waals surface area contributed by atoms with Crippen molar-refractivity contribution in [3.8, 4) is 11.5 Å². The molecule has 0 aliphatic carbocycles. The smallest absolute Gasteiger partial charge is 0.161 e. The van der Waals surface area contributed by atoms with Gasteiger partial charge in [0.05, 0.1) is 14.2 Å². The lowest BCUT2D eigenvalue weighted by Gasteiger charge is -2.29. The van der Waals surface area contributed by atoms with Crippen LogP contribution in [-0.4, -0.2) is 31.5 Å². The number of hydrogen-bond donors (Lipinski definition) is 2. The van der Waals surface area contributed by atoms with Crippen LogP contribution in [-0.2, 0) is 6.54 Å². The van der Waals surface area contributed by atoms with Crippen molar-refractivity contribution in [2.24, 2.45) is 0 Å². The maximum Gasteiger partial charge on any atom is 0.161 e. The van der Waals surface area contributed by atoms with Gasteiger partial charge in [-0.1, -0.05) is 22.9 Å². The monoisotopic (exact) mass is 345 g/mol. The van der Waals surface area contributed by atoms with Crippen molar-refractivity contribution in [2.45, 2.75) is 38.8 Å². The Kier molecular flexibility index (Phi) is 6.79. The molecule has 0 aromatic heterocycles. The second-order valence-corrected chi connectivity index (χ2v) is 5.89. The fourth-order valence-electron chi connectivity index (χ4n) is 1.98. The topological polar surface area (TPSA) is 50.7 Å². The van der Waals surface area contributed by atoms with E-state index in [0.717, 1.165) is 22.9 Å². The van der Waals surface area contributed by atoms with Crippen LogP contribution in [0.15, 0.2) is 16.6 Å². The van der Waals surface area contributed by atoms with E-state index in [9.17, 15) is 0 Å². The molecule has 114 valence electrons. The first-order chi connectivity index (χ1) is 9.49. The van der Waals surface area contributed by atoms with E-state index < -0.39 is 0 Å². The fourth-order valence-corrected chi connectivity index (χ4v) is 2.44. The third-order valence-electron chi connectivity index (χ3n) is 3.70. The van der Waals surface area contributed by atoms with E-state index in [1.807, 2.05) is 12.1 Å². The highest BCUT2D eigenvalue weighted by molar-refractivity contribution is 9.10. The predicted octanol–water partition coefficient (Wildman–Crippen LogP) is 3.11. The van der Waals surface area contributed by atoms with Gasteiger partial charge >= 0.3 is 0 Å². The molecule has 0 bridgehead atoms. The van der Waals surface area contributed by atoms with Crippen molar-refractivity contribution < 1.29 is 14.6 Å². The minimum absolute atomic E-state index is 0.0681. The Labute approximate surface area is 129 Å². The molecule has 0 radical (unpaired) electrons. The quantitative estimate of drug-likeness (QED) is 0.760. The molecule has 0 aliphatic heterocycles. The molecule has 2 N–H and O–H groups in total. The average molecular weight is 346 g/mol. The lowest BCUT2D eigenvalue weighted by molar-refractivity contribution is 0.214. The van der Waals surface area contributed by atoms with Gasteiger partial charge in [-0.15, -0.1) is 0 Å². The Balaban J connectivity index is 2.87. The molecule has 4 nitrogen and oxygen atoms in total. The highest BCUT2D eigenvalue weighted by atomic mass is 79.9. The molecule has 5 heteroatoms. The number of ether oxygens (including phenoxy) is 2. The Morgan fingerprint density at radius 3 is 2.35 bits per heavy atom. The molecule has 1 rings (SSSR count). The van der Waals surface area contributed by atoms with Gasteiger partial charge in [0.25, 0.3) is 0 Å². The molecule has 1 atom stereocenters. The first kappa shape index (κ1) is 17.3. The van der Waals surface area contributed by atoms with Crippen LogP contribution < -0.4 is 14.8 Å². The van der Waals surface area contributed by atoms with E-state index in [0.29, 0.717) is 18.0 Å². The minimum Gasteiger partial charge on any atom is -0.493 e. The largest absolute Gasteiger partial charge is 0.493 e. The molecule has 0 heterocycles. The maximum atomic E-state index is 9.15. The van der Waals surface area contributed by atoms with Crippen LogP contribution in [0.1, 0.15) is 32.3 Å². The summed E-state index contributed by atoms with van der Waals surface area (Å²) >= 11 is 3.56. The standard InChI is InChI=1S/C15H24BrNO3/c1-5-15(2,6-7-18)17-10-11-8-13(19-3)14(20-4)9-12(11)16/h8-9,17-18H,5-7,10H2,1-4H3. The first-order valence-corrected chi connectivity index (χ1v) is 7.55. The number of hydrogen-bond acceptors (Lipinski definition) is 4. The van der Waals surface area contributed by atoms with Gasteiger partial charge in [-0.3, -0.25) is 0 Å². The maximum absolute atomic E-state index is 9.15. The van der Waals surface area contributed by atoms with Crippen molar-refractivity contribution in [3.05, 3.63) is 22.2 Å². The summed E-state index contributed by atoms with van der Waals surface area (Å²) < 4.78 is 11.6. The van der Waals surface area contributed by atoms with Gasteiger partial charge in [0, 0.05) is 23.2 Å². The highest BCUT2D eigenvalue weighted by Crippen LogP contribution is 2.33. The van der Waals surface area contributed by atoms with Crippen LogP contribution in [0.25, 0.3) is 0 Å². The molecule has 0 aliphatic rings. The molecule has 0 spiro atoms. The average Bonchev–Trinajstić information content (AvgIpc) is 2.45. The van der Waals surface area contributed by atoms with Gasteiger partial charge in [0.2, 0.25) is 0 Å². The zero-order valence-corrected chi connectivity index (χ0v) is 14.2. The number of aliphatic hydroxyl groups is 1. The van der Waals surface area contributed by atoms with Gasteiger partial charge in [-0.25, -0.2) is 0 Å². The molecular weight excluding hydrogens is 322 g/mol. The second-order valence-electron chi connectivity index (χ2n) is 5.04. The molecular formula is C15H24BrNO3. The Bertz CT molecular complexity index is 439. The van der Waals surface area contributed by atoms with Gasteiger partial charge in [-0.2, -0.15) is 0 Å². The highest BCUT2D eigenvalue weighted by Gasteiger charge is 2.21. The number of aliphatic hydroxyl groups excluding tert-OH is 1. The molecule has 0 fully saturated rings. The zero-order valence-electron chi connectivity index (χ0n) is 12.6. The van der Waals surface area contributed by atoms with Crippen molar-refractivity contribution in [1.29, 1.82) is 0 Å². The van der Waals surface area contributed by atoms with E-state index in [2.05, 4.69) is 35.1 Å². The summed E-state index contributed by atoms with van der Waals surface area (Å²) in [6.07, 6.45) is 1.69. The zero-order chi connectivity index (χ0) is 15.2. The summed E-state index contributed by atoms with van der Waals surface area (Å²) in [4.78, 5) is 0. The molecule has 20 heavy (non-hydrogen) atoms. The third-order valence-corrected chi connectivity index (χ3v) is 4.44. The molecule has 1 unspecified atom stereocenters. The number of nitrogens with one attached hydrogen (secondary N) is 1. The van der Waals surface area contributed by atoms with Crippen molar-refractivity contribution in [1.82, 2.24) is 5.32 Å². The SMILES string of the molecule is CCC(C)(CCO)NCc1cc(OC)c(OC)cc1Br. The second kappa shape index (κ2) is 7.86. The Hall–Kier alpha value is -0.780. The summed E-state index contributed by atoms with van der Waals surface area (Å²) in [6.45, 7) is 5.12. The summed E-state index contributed by atoms with van der Waals surface area (Å²) in [7, 11) is 3.25. The lowest BCUT2D eigenvalue weighted by atomic mass is 9.94. The number of methoxy groups -OCH3 is 2. The van der Waals surface area contributed by atoms with E-state index in [1.165, 1.54) is 0 Å². The molecule has 1 aromatic rings. The van der Waals surface area contributed by atoms with E-state index in [-0.39, 0.29) is 12.1 Å². The van der Waals surface area contributed by atoms with Crippen molar-refractivity contribution in [2.75, 3.05) is 20.8 Å². The van der Waals surface area contributed by atoms with Crippen LogP contribution in [0, 0.1) is 0 Å². The number of benzene rings is 1. The van der Waals surface area contributed by atoms with Crippen LogP contribution >= 0.6 is 15.9 Å². The van der Waals surface area contributed by atoms with Gasteiger partial charge in [-0.05, 0) is 37.5 Å². The van der Waals surface area contributed by atoms with Gasteiger partial charge in [0.1, 0.15) is 0 Å².